The van der Waals surface area contributed by atoms with Gasteiger partial charge in [0.2, 0.25) is 0 Å². The van der Waals surface area contributed by atoms with Crippen LogP contribution in [0.5, 0.6) is 0 Å². The van der Waals surface area contributed by atoms with Crippen molar-refractivity contribution in [2.24, 2.45) is 4.99 Å². The van der Waals surface area contributed by atoms with Gasteiger partial charge >= 0.3 is 5.69 Å². The maximum Gasteiger partial charge on any atom is 0.329 e. The van der Waals surface area contributed by atoms with Crippen molar-refractivity contribution in [3.05, 3.63) is 68.5 Å². The molecule has 5 heterocycles. The fraction of sp³-hybridized carbons (Fsp3) is 0.261. The molecule has 2 aliphatic heterocycles. The number of aliphatic imine (C=N–C) groups is 1. The third-order valence-corrected chi connectivity index (χ3v) is 6.22. The van der Waals surface area contributed by atoms with E-state index >= 15 is 0 Å². The number of nitrogens with zero attached hydrogens (tertiary/aromatic N) is 4. The van der Waals surface area contributed by atoms with E-state index in [1.807, 2.05) is 24.4 Å². The molecule has 0 spiro atoms. The highest BCUT2D eigenvalue weighted by molar-refractivity contribution is 6.01. The molecular formula is C23H20N6O2. The second kappa shape index (κ2) is 6.95. The molecule has 31 heavy (non-hydrogen) atoms. The van der Waals surface area contributed by atoms with Crippen molar-refractivity contribution < 1.29 is 0 Å². The van der Waals surface area contributed by atoms with Gasteiger partial charge in [0, 0.05) is 24.0 Å². The third-order valence-electron chi connectivity index (χ3n) is 6.22. The molecule has 0 saturated carbocycles. The van der Waals surface area contributed by atoms with E-state index in [9.17, 15) is 9.59 Å². The van der Waals surface area contributed by atoms with Crippen molar-refractivity contribution in [1.29, 1.82) is 0 Å². The Bertz CT molecular complexity index is 1490. The van der Waals surface area contributed by atoms with Gasteiger partial charge in [-0.15, -0.1) is 0 Å². The molecule has 3 aromatic heterocycles. The molecule has 8 heteroatoms. The van der Waals surface area contributed by atoms with Crippen LogP contribution in [0.3, 0.4) is 0 Å². The van der Waals surface area contributed by atoms with Gasteiger partial charge in [-0.05, 0) is 55.3 Å². The van der Waals surface area contributed by atoms with Crippen LogP contribution >= 0.6 is 0 Å². The highest BCUT2D eigenvalue weighted by Gasteiger charge is 2.22. The number of piperidine rings is 1. The van der Waals surface area contributed by atoms with E-state index in [1.54, 1.807) is 10.8 Å². The molecular weight excluding hydrogens is 392 g/mol. The third kappa shape index (κ3) is 2.90. The van der Waals surface area contributed by atoms with Crippen LogP contribution in [0.25, 0.3) is 33.2 Å². The zero-order valence-corrected chi connectivity index (χ0v) is 16.8. The molecule has 6 rings (SSSR count). The molecule has 2 N–H and O–H groups in total. The van der Waals surface area contributed by atoms with E-state index in [4.69, 9.17) is 4.98 Å². The van der Waals surface area contributed by atoms with Gasteiger partial charge in [-0.3, -0.25) is 24.3 Å². The lowest BCUT2D eigenvalue weighted by Gasteiger charge is -2.26. The Morgan fingerprint density at radius 2 is 1.94 bits per heavy atom. The van der Waals surface area contributed by atoms with E-state index in [1.165, 1.54) is 5.56 Å². The number of aromatic nitrogens is 4. The average molecular weight is 412 g/mol. The highest BCUT2D eigenvalue weighted by Crippen LogP contribution is 2.28. The summed E-state index contributed by atoms with van der Waals surface area (Å²) in [5.74, 6) is 0. The van der Waals surface area contributed by atoms with Crippen molar-refractivity contribution in [3.8, 4) is 11.3 Å². The second-order valence-electron chi connectivity index (χ2n) is 8.08. The predicted molar refractivity (Wildman–Crippen MR) is 120 cm³/mol. The van der Waals surface area contributed by atoms with Gasteiger partial charge in [0.1, 0.15) is 5.52 Å². The second-order valence-corrected chi connectivity index (χ2v) is 8.08. The summed E-state index contributed by atoms with van der Waals surface area (Å²) in [6.07, 6.45) is 5.05. The molecule has 8 nitrogen and oxygen atoms in total. The van der Waals surface area contributed by atoms with Crippen LogP contribution in [0, 0.1) is 0 Å². The molecule has 0 aliphatic carbocycles. The Labute approximate surface area is 176 Å². The molecule has 0 radical (unpaired) electrons. The van der Waals surface area contributed by atoms with Crippen LogP contribution in [0.15, 0.2) is 51.1 Å². The number of pyridine rings is 2. The quantitative estimate of drug-likeness (QED) is 0.491. The summed E-state index contributed by atoms with van der Waals surface area (Å²) < 4.78 is 1.72. The number of benzene rings is 1. The molecule has 2 aliphatic rings. The van der Waals surface area contributed by atoms with Gasteiger partial charge in [0.25, 0.3) is 5.56 Å². The van der Waals surface area contributed by atoms with Crippen LogP contribution < -0.4 is 16.6 Å². The Balaban J connectivity index is 1.64. The summed E-state index contributed by atoms with van der Waals surface area (Å²) in [7, 11) is 0. The number of hydrogen-bond acceptors (Lipinski definition) is 6. The number of hydrogen-bond donors (Lipinski definition) is 2. The van der Waals surface area contributed by atoms with Gasteiger partial charge in [0.15, 0.2) is 0 Å². The Morgan fingerprint density at radius 1 is 1.06 bits per heavy atom. The van der Waals surface area contributed by atoms with Crippen molar-refractivity contribution in [2.45, 2.75) is 25.4 Å². The van der Waals surface area contributed by atoms with Crippen LogP contribution in [0.2, 0.25) is 0 Å². The summed E-state index contributed by atoms with van der Waals surface area (Å²) in [6.45, 7) is 2.37. The monoisotopic (exact) mass is 412 g/mol. The van der Waals surface area contributed by atoms with Crippen molar-refractivity contribution in [2.75, 3.05) is 13.1 Å². The van der Waals surface area contributed by atoms with Gasteiger partial charge in [-0.1, -0.05) is 12.1 Å². The highest BCUT2D eigenvalue weighted by atomic mass is 16.2. The minimum Gasteiger partial charge on any atom is -0.317 e. The zero-order valence-electron chi connectivity index (χ0n) is 16.8. The zero-order chi connectivity index (χ0) is 20.9. The SMILES string of the molecule is O=c1[nH]c(=O)n(C2CCNCC2)c2c1cnc1ccc(-c3ccc4c(c3)C=NC4)nc12. The molecule has 1 fully saturated rings. The van der Waals surface area contributed by atoms with Crippen LogP contribution in [-0.4, -0.2) is 38.8 Å². The van der Waals surface area contributed by atoms with Crippen LogP contribution in [0.4, 0.5) is 0 Å². The lowest BCUT2D eigenvalue weighted by Crippen LogP contribution is -2.38. The molecule has 0 unspecified atom stereocenters. The number of fused-ring (bicyclic) bond motifs is 4. The molecule has 0 atom stereocenters. The lowest BCUT2D eigenvalue weighted by atomic mass is 10.0. The molecule has 0 bridgehead atoms. The normalized spacial score (nSPS) is 16.3. The Kier molecular flexibility index (Phi) is 4.07. The maximum atomic E-state index is 12.9. The first-order valence-corrected chi connectivity index (χ1v) is 10.5. The Morgan fingerprint density at radius 3 is 2.81 bits per heavy atom. The van der Waals surface area contributed by atoms with Crippen molar-refractivity contribution >= 4 is 28.2 Å². The summed E-state index contributed by atoms with van der Waals surface area (Å²) in [5.41, 5.74) is 5.01. The van der Waals surface area contributed by atoms with E-state index in [0.717, 1.165) is 42.8 Å². The summed E-state index contributed by atoms with van der Waals surface area (Å²) in [6, 6.07) is 10.0. The topological polar surface area (TPSA) is 105 Å². The summed E-state index contributed by atoms with van der Waals surface area (Å²) in [5, 5.41) is 3.71. The van der Waals surface area contributed by atoms with E-state index in [-0.39, 0.29) is 6.04 Å². The number of nitrogens with one attached hydrogen (secondary N) is 2. The Hall–Kier alpha value is -3.65. The van der Waals surface area contributed by atoms with E-state index < -0.39 is 11.2 Å². The molecule has 1 saturated heterocycles. The molecule has 4 aromatic rings. The first-order valence-electron chi connectivity index (χ1n) is 10.5. The lowest BCUT2D eigenvalue weighted by molar-refractivity contribution is 0.365. The van der Waals surface area contributed by atoms with Gasteiger partial charge in [0.05, 0.1) is 28.7 Å². The first-order chi connectivity index (χ1) is 15.2. The summed E-state index contributed by atoms with van der Waals surface area (Å²) >= 11 is 0. The molecule has 1 aromatic carbocycles. The standard InChI is InChI=1S/C23H20N6O2/c30-22-17-12-26-19-4-3-18(13-1-2-14-10-25-11-15(14)9-13)27-20(19)21(17)29(23(31)28-22)16-5-7-24-8-6-16/h1-4,9,11-12,16,24H,5-8,10H2,(H,28,30,31). The van der Waals surface area contributed by atoms with Gasteiger partial charge in [-0.2, -0.15) is 0 Å². The van der Waals surface area contributed by atoms with Crippen molar-refractivity contribution in [3.63, 3.8) is 0 Å². The maximum absolute atomic E-state index is 12.9. The minimum atomic E-state index is -0.430. The van der Waals surface area contributed by atoms with Gasteiger partial charge in [-0.25, -0.2) is 9.78 Å². The van der Waals surface area contributed by atoms with Crippen LogP contribution in [-0.2, 0) is 6.54 Å². The van der Waals surface area contributed by atoms with Gasteiger partial charge < -0.3 is 5.32 Å². The summed E-state index contributed by atoms with van der Waals surface area (Å²) in [4.78, 5) is 41.6. The fourth-order valence-electron chi connectivity index (χ4n) is 4.62. The first kappa shape index (κ1) is 18.1. The number of rotatable bonds is 2. The molecule has 154 valence electrons. The predicted octanol–water partition coefficient (Wildman–Crippen LogP) is 2.16. The number of H-pyrrole nitrogens is 1. The largest absolute Gasteiger partial charge is 0.329 e. The number of aromatic amines is 1. The molecule has 0 amide bonds. The van der Waals surface area contributed by atoms with Crippen LogP contribution in [0.1, 0.15) is 30.0 Å². The average Bonchev–Trinajstić information content (AvgIpc) is 3.27. The smallest absolute Gasteiger partial charge is 0.317 e. The minimum absolute atomic E-state index is 0.000335. The van der Waals surface area contributed by atoms with E-state index in [2.05, 4.69) is 32.4 Å². The van der Waals surface area contributed by atoms with Crippen molar-refractivity contribution in [1.82, 2.24) is 24.8 Å². The fourth-order valence-corrected chi connectivity index (χ4v) is 4.62. The van der Waals surface area contributed by atoms with E-state index in [0.29, 0.717) is 28.5 Å².